The van der Waals surface area contributed by atoms with Crippen LogP contribution in [0, 0.1) is 5.82 Å². The molecule has 5 nitrogen and oxygen atoms in total. The van der Waals surface area contributed by atoms with Gasteiger partial charge in [0.15, 0.2) is 5.96 Å². The number of thiophene rings is 1. The van der Waals surface area contributed by atoms with Crippen molar-refractivity contribution in [1.82, 2.24) is 15.5 Å². The van der Waals surface area contributed by atoms with Crippen LogP contribution in [0.5, 0.6) is 0 Å². The number of rotatable bonds is 7. The summed E-state index contributed by atoms with van der Waals surface area (Å²) >= 11 is 1.75. The molecule has 28 heavy (non-hydrogen) atoms. The molecule has 1 aliphatic rings. The van der Waals surface area contributed by atoms with E-state index in [-0.39, 0.29) is 11.9 Å². The largest absolute Gasteiger partial charge is 0.367 e. The molecule has 1 aliphatic heterocycles. The molecule has 0 amide bonds. The lowest BCUT2D eigenvalue weighted by atomic mass is 10.2. The SMILES string of the molecule is CN=C(NCCCN1CCN(c2ccccc2F)CC1)NC(C)c1cccs1. The van der Waals surface area contributed by atoms with E-state index in [1.165, 1.54) is 10.9 Å². The second-order valence-corrected chi connectivity index (χ2v) is 7.99. The summed E-state index contributed by atoms with van der Waals surface area (Å²) in [5.74, 6) is 0.709. The summed E-state index contributed by atoms with van der Waals surface area (Å²) in [7, 11) is 1.80. The fourth-order valence-electron chi connectivity index (χ4n) is 3.44. The van der Waals surface area contributed by atoms with Crippen LogP contribution in [0.1, 0.15) is 24.3 Å². The third kappa shape index (κ3) is 5.69. The molecule has 0 bridgehead atoms. The number of piperazine rings is 1. The molecule has 1 atom stereocenters. The van der Waals surface area contributed by atoms with Gasteiger partial charge in [0.05, 0.1) is 11.7 Å². The topological polar surface area (TPSA) is 42.9 Å². The predicted molar refractivity (Wildman–Crippen MR) is 117 cm³/mol. The lowest BCUT2D eigenvalue weighted by molar-refractivity contribution is 0.254. The number of nitrogens with one attached hydrogen (secondary N) is 2. The Bertz CT molecular complexity index is 741. The fourth-order valence-corrected chi connectivity index (χ4v) is 4.17. The molecule has 1 unspecified atom stereocenters. The van der Waals surface area contributed by atoms with E-state index in [0.29, 0.717) is 0 Å². The Morgan fingerprint density at radius 2 is 1.96 bits per heavy atom. The lowest BCUT2D eigenvalue weighted by Gasteiger charge is -2.36. The maximum atomic E-state index is 13.9. The molecule has 3 rings (SSSR count). The van der Waals surface area contributed by atoms with Gasteiger partial charge in [-0.2, -0.15) is 0 Å². The normalized spacial score (nSPS) is 16.8. The van der Waals surface area contributed by atoms with E-state index in [9.17, 15) is 4.39 Å². The van der Waals surface area contributed by atoms with E-state index in [2.05, 4.69) is 49.9 Å². The minimum absolute atomic E-state index is 0.129. The van der Waals surface area contributed by atoms with Gasteiger partial charge in [0, 0.05) is 44.6 Å². The number of hydrogen-bond donors (Lipinski definition) is 2. The second kappa shape index (κ2) is 10.4. The number of benzene rings is 1. The van der Waals surface area contributed by atoms with E-state index in [1.807, 2.05) is 12.1 Å². The maximum absolute atomic E-state index is 13.9. The van der Waals surface area contributed by atoms with Crippen molar-refractivity contribution in [2.24, 2.45) is 4.99 Å². The van der Waals surface area contributed by atoms with Crippen molar-refractivity contribution >= 4 is 23.0 Å². The highest BCUT2D eigenvalue weighted by molar-refractivity contribution is 7.10. The van der Waals surface area contributed by atoms with Crippen LogP contribution in [-0.2, 0) is 0 Å². The number of guanidine groups is 1. The minimum atomic E-state index is -0.129. The molecule has 0 radical (unpaired) electrons. The Balaban J connectivity index is 1.34. The minimum Gasteiger partial charge on any atom is -0.367 e. The number of nitrogens with zero attached hydrogens (tertiary/aromatic N) is 3. The Labute approximate surface area is 171 Å². The third-order valence-electron chi connectivity index (χ3n) is 5.06. The molecule has 0 aliphatic carbocycles. The molecule has 2 heterocycles. The van der Waals surface area contributed by atoms with Crippen LogP contribution >= 0.6 is 11.3 Å². The molecule has 1 aromatic heterocycles. The van der Waals surface area contributed by atoms with Gasteiger partial charge in [-0.1, -0.05) is 18.2 Å². The monoisotopic (exact) mass is 403 g/mol. The Hall–Kier alpha value is -2.12. The van der Waals surface area contributed by atoms with Crippen molar-refractivity contribution in [2.75, 3.05) is 51.2 Å². The van der Waals surface area contributed by atoms with E-state index in [1.54, 1.807) is 24.5 Å². The lowest BCUT2D eigenvalue weighted by Crippen LogP contribution is -2.47. The summed E-state index contributed by atoms with van der Waals surface area (Å²) in [6.07, 6.45) is 1.05. The number of halogens is 1. The maximum Gasteiger partial charge on any atom is 0.191 e. The van der Waals surface area contributed by atoms with E-state index in [4.69, 9.17) is 0 Å². The molecule has 152 valence electrons. The van der Waals surface area contributed by atoms with E-state index >= 15 is 0 Å². The predicted octanol–water partition coefficient (Wildman–Crippen LogP) is 3.33. The van der Waals surface area contributed by atoms with Gasteiger partial charge in [0.2, 0.25) is 0 Å². The fraction of sp³-hybridized carbons (Fsp3) is 0.476. The van der Waals surface area contributed by atoms with Crippen molar-refractivity contribution < 1.29 is 4.39 Å². The summed E-state index contributed by atoms with van der Waals surface area (Å²) in [5, 5.41) is 8.92. The summed E-state index contributed by atoms with van der Waals surface area (Å²) < 4.78 is 13.9. The Morgan fingerprint density at radius 1 is 1.18 bits per heavy atom. The van der Waals surface area contributed by atoms with Crippen LogP contribution in [0.15, 0.2) is 46.8 Å². The van der Waals surface area contributed by atoms with Crippen LogP contribution < -0.4 is 15.5 Å². The van der Waals surface area contributed by atoms with Gasteiger partial charge in [0.1, 0.15) is 5.82 Å². The molecule has 1 saturated heterocycles. The molecule has 1 aromatic carbocycles. The first-order valence-electron chi connectivity index (χ1n) is 9.90. The van der Waals surface area contributed by atoms with E-state index < -0.39 is 0 Å². The Kier molecular flexibility index (Phi) is 7.68. The van der Waals surface area contributed by atoms with Gasteiger partial charge in [-0.15, -0.1) is 11.3 Å². The first-order valence-corrected chi connectivity index (χ1v) is 10.8. The highest BCUT2D eigenvalue weighted by atomic mass is 32.1. The molecular weight excluding hydrogens is 373 g/mol. The third-order valence-corrected chi connectivity index (χ3v) is 6.11. The van der Waals surface area contributed by atoms with Crippen LogP contribution in [0.2, 0.25) is 0 Å². The van der Waals surface area contributed by atoms with Crippen molar-refractivity contribution in [3.63, 3.8) is 0 Å². The molecule has 2 N–H and O–H groups in total. The van der Waals surface area contributed by atoms with Crippen LogP contribution in [-0.4, -0.2) is 57.2 Å². The molecular formula is C21H30FN5S. The number of para-hydroxylation sites is 1. The van der Waals surface area contributed by atoms with Crippen molar-refractivity contribution in [3.8, 4) is 0 Å². The average molecular weight is 404 g/mol. The number of hydrogen-bond acceptors (Lipinski definition) is 4. The van der Waals surface area contributed by atoms with Crippen molar-refractivity contribution in [2.45, 2.75) is 19.4 Å². The number of anilines is 1. The molecule has 0 saturated carbocycles. The first kappa shape index (κ1) is 20.6. The Morgan fingerprint density at radius 3 is 2.64 bits per heavy atom. The second-order valence-electron chi connectivity index (χ2n) is 7.01. The molecule has 2 aromatic rings. The zero-order valence-corrected chi connectivity index (χ0v) is 17.5. The summed E-state index contributed by atoms with van der Waals surface area (Å²) in [6, 6.07) is 11.5. The van der Waals surface area contributed by atoms with Gasteiger partial charge < -0.3 is 15.5 Å². The zero-order valence-electron chi connectivity index (χ0n) is 16.7. The highest BCUT2D eigenvalue weighted by Gasteiger charge is 2.18. The highest BCUT2D eigenvalue weighted by Crippen LogP contribution is 2.20. The molecule has 0 spiro atoms. The average Bonchev–Trinajstić information content (AvgIpc) is 3.26. The van der Waals surface area contributed by atoms with Crippen molar-refractivity contribution in [3.05, 3.63) is 52.5 Å². The van der Waals surface area contributed by atoms with Crippen LogP contribution in [0.25, 0.3) is 0 Å². The summed E-state index contributed by atoms with van der Waals surface area (Å²) in [6.45, 7) is 7.74. The summed E-state index contributed by atoms with van der Waals surface area (Å²) in [4.78, 5) is 10.2. The standard InChI is InChI=1S/C21H30FN5S/c1-17(20-9-5-16-28-20)25-21(23-2)24-10-6-11-26-12-14-27(15-13-26)19-8-4-3-7-18(19)22/h3-5,7-9,16-17H,6,10-15H2,1-2H3,(H2,23,24,25). The van der Waals surface area contributed by atoms with Gasteiger partial charge >= 0.3 is 0 Å². The number of aliphatic imine (C=N–C) groups is 1. The van der Waals surface area contributed by atoms with Gasteiger partial charge in [0.25, 0.3) is 0 Å². The van der Waals surface area contributed by atoms with Gasteiger partial charge in [-0.25, -0.2) is 4.39 Å². The smallest absolute Gasteiger partial charge is 0.191 e. The van der Waals surface area contributed by atoms with Crippen molar-refractivity contribution in [1.29, 1.82) is 0 Å². The molecule has 1 fully saturated rings. The zero-order chi connectivity index (χ0) is 19.8. The molecule has 7 heteroatoms. The van der Waals surface area contributed by atoms with Crippen LogP contribution in [0.3, 0.4) is 0 Å². The quantitative estimate of drug-likeness (QED) is 0.423. The van der Waals surface area contributed by atoms with Crippen LogP contribution in [0.4, 0.5) is 10.1 Å². The summed E-state index contributed by atoms with van der Waals surface area (Å²) in [5.41, 5.74) is 0.721. The van der Waals surface area contributed by atoms with Gasteiger partial charge in [-0.3, -0.25) is 9.89 Å². The first-order chi connectivity index (χ1) is 13.7. The van der Waals surface area contributed by atoms with E-state index in [0.717, 1.165) is 57.3 Å². The van der Waals surface area contributed by atoms with Gasteiger partial charge in [-0.05, 0) is 43.5 Å².